The summed E-state index contributed by atoms with van der Waals surface area (Å²) in [4.78, 5) is 35.8. The number of nitrogens with zero attached hydrogens (tertiary/aromatic N) is 3. The molecule has 0 spiro atoms. The van der Waals surface area contributed by atoms with E-state index in [1.807, 2.05) is 0 Å². The Morgan fingerprint density at radius 3 is 2.67 bits per heavy atom. The van der Waals surface area contributed by atoms with Crippen molar-refractivity contribution in [2.24, 2.45) is 0 Å². The molecular weight excluding hydrogens is 426 g/mol. The van der Waals surface area contributed by atoms with Crippen LogP contribution >= 0.6 is 0 Å². The fourth-order valence-electron chi connectivity index (χ4n) is 4.28. The topological polar surface area (TPSA) is 75.2 Å². The number of alkyl halides is 1. The number of rotatable bonds is 4. The molecule has 1 aliphatic carbocycles. The summed E-state index contributed by atoms with van der Waals surface area (Å²) in [5.41, 5.74) is 1.57. The van der Waals surface area contributed by atoms with E-state index < -0.39 is 23.4 Å². The number of pyridine rings is 2. The summed E-state index contributed by atoms with van der Waals surface area (Å²) in [6.07, 6.45) is 2.57. The molecule has 168 valence electrons. The van der Waals surface area contributed by atoms with E-state index in [9.17, 15) is 14.0 Å². The number of anilines is 2. The Morgan fingerprint density at radius 1 is 1.24 bits per heavy atom. The van der Waals surface area contributed by atoms with E-state index in [4.69, 9.17) is 0 Å². The average Bonchev–Trinajstić information content (AvgIpc) is 3.55. The van der Waals surface area contributed by atoms with Crippen LogP contribution in [0.25, 0.3) is 11.1 Å². The standard InChI is InChI=1S/C25H22F2N4O2/c1-14-12-19-21(23(26)29-14)18-4-3-11-28-22(18)15(2)24(33)31(19)13-20(32)30-17-7-5-16(6-8-17)25(27)9-10-25/h3-8,11-12,15H,9-10,13H2,1-2H3,(H,30,32)/t15-/m1/s1. The third-order valence-electron chi connectivity index (χ3n) is 6.20. The second kappa shape index (κ2) is 7.72. The molecule has 0 bridgehead atoms. The highest BCUT2D eigenvalue weighted by molar-refractivity contribution is 6.09. The molecule has 1 atom stereocenters. The Morgan fingerprint density at radius 2 is 1.97 bits per heavy atom. The van der Waals surface area contributed by atoms with Gasteiger partial charge in [-0.05, 0) is 56.5 Å². The Balaban J connectivity index is 1.46. The number of hydrogen-bond donors (Lipinski definition) is 1. The Kier molecular flexibility index (Phi) is 4.96. The third-order valence-corrected chi connectivity index (χ3v) is 6.20. The second-order valence-corrected chi connectivity index (χ2v) is 8.62. The number of aryl methyl sites for hydroxylation is 1. The van der Waals surface area contributed by atoms with Gasteiger partial charge in [0.15, 0.2) is 0 Å². The first-order chi connectivity index (χ1) is 15.8. The molecule has 1 fully saturated rings. The van der Waals surface area contributed by atoms with E-state index in [1.165, 1.54) is 4.90 Å². The SMILES string of the molecule is Cc1cc2c(c(F)n1)-c1cccnc1[C@@H](C)C(=O)N2CC(=O)Nc1ccc(C2(F)CC2)cc1. The van der Waals surface area contributed by atoms with Gasteiger partial charge in [-0.2, -0.15) is 4.39 Å². The molecule has 33 heavy (non-hydrogen) atoms. The molecule has 1 saturated carbocycles. The number of carbonyl (C=O) groups is 2. The summed E-state index contributed by atoms with van der Waals surface area (Å²) < 4.78 is 29.2. The van der Waals surface area contributed by atoms with Crippen molar-refractivity contribution in [3.05, 3.63) is 71.6 Å². The lowest BCUT2D eigenvalue weighted by Crippen LogP contribution is -2.40. The molecule has 6 nitrogen and oxygen atoms in total. The highest BCUT2D eigenvalue weighted by atomic mass is 19.1. The predicted molar refractivity (Wildman–Crippen MR) is 120 cm³/mol. The molecule has 1 N–H and O–H groups in total. The van der Waals surface area contributed by atoms with Gasteiger partial charge in [-0.15, -0.1) is 0 Å². The molecule has 2 aromatic heterocycles. The highest BCUT2D eigenvalue weighted by Crippen LogP contribution is 2.49. The van der Waals surface area contributed by atoms with Gasteiger partial charge in [0.2, 0.25) is 17.8 Å². The van der Waals surface area contributed by atoms with Gasteiger partial charge in [-0.3, -0.25) is 14.6 Å². The number of halogens is 2. The molecule has 2 amide bonds. The number of hydrogen-bond acceptors (Lipinski definition) is 4. The molecule has 0 saturated heterocycles. The van der Waals surface area contributed by atoms with Crippen molar-refractivity contribution in [1.82, 2.24) is 9.97 Å². The highest BCUT2D eigenvalue weighted by Gasteiger charge is 2.44. The summed E-state index contributed by atoms with van der Waals surface area (Å²) in [6.45, 7) is 3.00. The normalized spacial score (nSPS) is 18.2. The first-order valence-electron chi connectivity index (χ1n) is 10.8. The molecular formula is C25H22F2N4O2. The fraction of sp³-hybridized carbons (Fsp3) is 0.280. The van der Waals surface area contributed by atoms with Gasteiger partial charge in [-0.1, -0.05) is 18.2 Å². The molecule has 1 aromatic carbocycles. The summed E-state index contributed by atoms with van der Waals surface area (Å²) in [6, 6.07) is 11.6. The van der Waals surface area contributed by atoms with Crippen LogP contribution in [-0.4, -0.2) is 28.3 Å². The van der Waals surface area contributed by atoms with Crippen LogP contribution in [0.5, 0.6) is 0 Å². The van der Waals surface area contributed by atoms with Crippen molar-refractivity contribution in [3.8, 4) is 11.1 Å². The minimum Gasteiger partial charge on any atom is -0.325 e. The largest absolute Gasteiger partial charge is 0.325 e. The van der Waals surface area contributed by atoms with Crippen molar-refractivity contribution in [2.45, 2.75) is 38.3 Å². The zero-order valence-corrected chi connectivity index (χ0v) is 18.2. The van der Waals surface area contributed by atoms with E-state index in [-0.39, 0.29) is 23.7 Å². The number of aromatic nitrogens is 2. The molecule has 1 aliphatic heterocycles. The third kappa shape index (κ3) is 3.75. The minimum absolute atomic E-state index is 0.149. The van der Waals surface area contributed by atoms with Crippen LogP contribution < -0.4 is 10.2 Å². The van der Waals surface area contributed by atoms with Gasteiger partial charge in [0.1, 0.15) is 12.2 Å². The molecule has 3 aromatic rings. The Labute approximate surface area is 189 Å². The van der Waals surface area contributed by atoms with Crippen molar-refractivity contribution in [1.29, 1.82) is 0 Å². The lowest BCUT2D eigenvalue weighted by Gasteiger charge is -2.24. The van der Waals surface area contributed by atoms with Crippen LogP contribution in [0.4, 0.5) is 20.2 Å². The van der Waals surface area contributed by atoms with E-state index in [2.05, 4.69) is 15.3 Å². The summed E-state index contributed by atoms with van der Waals surface area (Å²) in [7, 11) is 0. The van der Waals surface area contributed by atoms with Crippen LogP contribution in [0, 0.1) is 12.9 Å². The van der Waals surface area contributed by atoms with Gasteiger partial charge in [0.05, 0.1) is 22.9 Å². The maximum absolute atomic E-state index is 15.0. The molecule has 2 aliphatic rings. The summed E-state index contributed by atoms with van der Waals surface area (Å²) >= 11 is 0. The molecule has 5 rings (SSSR count). The average molecular weight is 448 g/mol. The van der Waals surface area contributed by atoms with Crippen molar-refractivity contribution in [3.63, 3.8) is 0 Å². The van der Waals surface area contributed by atoms with Gasteiger partial charge in [0, 0.05) is 23.1 Å². The maximum Gasteiger partial charge on any atom is 0.244 e. The first kappa shape index (κ1) is 21.2. The monoisotopic (exact) mass is 448 g/mol. The van der Waals surface area contributed by atoms with E-state index >= 15 is 4.39 Å². The van der Waals surface area contributed by atoms with Gasteiger partial charge >= 0.3 is 0 Å². The number of fused-ring (bicyclic) bond motifs is 3. The first-order valence-corrected chi connectivity index (χ1v) is 10.8. The van der Waals surface area contributed by atoms with Gasteiger partial charge in [-0.25, -0.2) is 9.37 Å². The van der Waals surface area contributed by atoms with Crippen molar-refractivity contribution < 1.29 is 18.4 Å². The van der Waals surface area contributed by atoms with Crippen molar-refractivity contribution in [2.75, 3.05) is 16.8 Å². The van der Waals surface area contributed by atoms with Crippen LogP contribution in [0.2, 0.25) is 0 Å². The number of amides is 2. The van der Waals surface area contributed by atoms with Gasteiger partial charge < -0.3 is 10.2 Å². The number of nitrogens with one attached hydrogen (secondary N) is 1. The van der Waals surface area contributed by atoms with Crippen LogP contribution in [0.1, 0.15) is 42.6 Å². The Bertz CT molecular complexity index is 1270. The summed E-state index contributed by atoms with van der Waals surface area (Å²) in [5.74, 6) is -2.22. The van der Waals surface area contributed by atoms with E-state index in [0.717, 1.165) is 0 Å². The van der Waals surface area contributed by atoms with E-state index in [0.29, 0.717) is 41.0 Å². The lowest BCUT2D eigenvalue weighted by atomic mass is 9.98. The maximum atomic E-state index is 15.0. The van der Waals surface area contributed by atoms with Crippen LogP contribution in [0.3, 0.4) is 0 Å². The molecule has 8 heteroatoms. The van der Waals surface area contributed by atoms with E-state index in [1.54, 1.807) is 62.5 Å². The van der Waals surface area contributed by atoms with Gasteiger partial charge in [0.25, 0.3) is 0 Å². The minimum atomic E-state index is -1.25. The molecule has 3 heterocycles. The predicted octanol–water partition coefficient (Wildman–Crippen LogP) is 4.64. The molecule has 0 radical (unpaired) electrons. The fourth-order valence-corrected chi connectivity index (χ4v) is 4.28. The van der Waals surface area contributed by atoms with Crippen molar-refractivity contribution >= 4 is 23.2 Å². The Hall–Kier alpha value is -3.68. The van der Waals surface area contributed by atoms with Crippen LogP contribution in [-0.2, 0) is 15.3 Å². The molecule has 0 unspecified atom stereocenters. The quantitative estimate of drug-likeness (QED) is 0.590. The second-order valence-electron chi connectivity index (χ2n) is 8.62. The zero-order valence-electron chi connectivity index (χ0n) is 18.2. The zero-order chi connectivity index (χ0) is 23.3. The lowest BCUT2D eigenvalue weighted by molar-refractivity contribution is -0.122. The van der Waals surface area contributed by atoms with Crippen LogP contribution in [0.15, 0.2) is 48.7 Å². The number of carbonyl (C=O) groups excluding carboxylic acids is 2. The summed E-state index contributed by atoms with van der Waals surface area (Å²) in [5, 5.41) is 2.75. The number of benzene rings is 1. The smallest absolute Gasteiger partial charge is 0.244 e.